The number of hydrogen-bond acceptors (Lipinski definition) is 4. The van der Waals surface area contributed by atoms with Gasteiger partial charge in [-0.1, -0.05) is 66.7 Å². The Morgan fingerprint density at radius 2 is 1.50 bits per heavy atom. The van der Waals surface area contributed by atoms with Gasteiger partial charge >= 0.3 is 12.1 Å². The third-order valence-corrected chi connectivity index (χ3v) is 5.83. The minimum absolute atomic E-state index is 0.0779. The average Bonchev–Trinajstić information content (AvgIpc) is 3.11. The van der Waals surface area contributed by atoms with Crippen molar-refractivity contribution in [1.82, 2.24) is 5.32 Å². The van der Waals surface area contributed by atoms with Crippen molar-refractivity contribution < 1.29 is 19.4 Å². The molecular weight excluding hydrogens is 404 g/mol. The van der Waals surface area contributed by atoms with E-state index in [1.807, 2.05) is 79.7 Å². The molecule has 0 bridgehead atoms. The van der Waals surface area contributed by atoms with Crippen molar-refractivity contribution in [2.45, 2.75) is 18.4 Å². The van der Waals surface area contributed by atoms with Crippen LogP contribution >= 0.6 is 0 Å². The van der Waals surface area contributed by atoms with Crippen molar-refractivity contribution in [3.8, 4) is 11.1 Å². The summed E-state index contributed by atoms with van der Waals surface area (Å²) in [5.74, 6) is -1.18. The molecular formula is C26H26N2O4. The van der Waals surface area contributed by atoms with Crippen LogP contribution in [0.4, 0.5) is 10.5 Å². The van der Waals surface area contributed by atoms with Crippen molar-refractivity contribution in [3.63, 3.8) is 0 Å². The quantitative estimate of drug-likeness (QED) is 0.585. The Labute approximate surface area is 187 Å². The lowest BCUT2D eigenvalue weighted by atomic mass is 9.98. The normalized spacial score (nSPS) is 13.1. The van der Waals surface area contributed by atoms with Crippen LogP contribution in [-0.2, 0) is 16.0 Å². The Morgan fingerprint density at radius 1 is 0.938 bits per heavy atom. The summed E-state index contributed by atoms with van der Waals surface area (Å²) in [6, 6.07) is 22.6. The Morgan fingerprint density at radius 3 is 2.09 bits per heavy atom. The van der Waals surface area contributed by atoms with Gasteiger partial charge in [-0.2, -0.15) is 0 Å². The minimum atomic E-state index is -1.10. The maximum Gasteiger partial charge on any atom is 0.407 e. The lowest BCUT2D eigenvalue weighted by Gasteiger charge is -2.21. The van der Waals surface area contributed by atoms with E-state index in [9.17, 15) is 14.7 Å². The number of fused-ring (bicyclic) bond motifs is 3. The molecule has 0 heterocycles. The van der Waals surface area contributed by atoms with Crippen molar-refractivity contribution in [3.05, 3.63) is 89.5 Å². The maximum absolute atomic E-state index is 12.5. The second-order valence-electron chi connectivity index (χ2n) is 8.09. The molecule has 0 fully saturated rings. The lowest BCUT2D eigenvalue weighted by molar-refractivity contribution is -0.139. The van der Waals surface area contributed by atoms with Gasteiger partial charge in [-0.25, -0.2) is 9.59 Å². The van der Waals surface area contributed by atoms with Crippen molar-refractivity contribution in [2.24, 2.45) is 0 Å². The number of nitrogens with zero attached hydrogens (tertiary/aromatic N) is 1. The Balaban J connectivity index is 1.45. The van der Waals surface area contributed by atoms with Crippen LogP contribution in [0.15, 0.2) is 72.8 Å². The van der Waals surface area contributed by atoms with Crippen LogP contribution in [-0.4, -0.2) is 43.9 Å². The van der Waals surface area contributed by atoms with Crippen LogP contribution in [0.1, 0.15) is 22.6 Å². The summed E-state index contributed by atoms with van der Waals surface area (Å²) in [6.07, 6.45) is -0.574. The standard InChI is InChI=1S/C26H26N2O4/c1-28(2)24-14-8-3-9-17(24)15-23(25(29)30)27-26(31)32-16-22-20-12-6-4-10-18(20)19-11-5-7-13-21(19)22/h3-14,22-23H,15-16H2,1-2H3,(H,27,31)(H,29,30). The summed E-state index contributed by atoms with van der Waals surface area (Å²) in [4.78, 5) is 26.3. The van der Waals surface area contributed by atoms with Crippen LogP contribution in [0.5, 0.6) is 0 Å². The molecule has 3 aromatic rings. The zero-order valence-corrected chi connectivity index (χ0v) is 18.1. The number of amides is 1. The second kappa shape index (κ2) is 9.14. The lowest BCUT2D eigenvalue weighted by Crippen LogP contribution is -2.43. The molecule has 0 aromatic heterocycles. The number of nitrogens with one attached hydrogen (secondary N) is 1. The van der Waals surface area contributed by atoms with Gasteiger partial charge in [0.1, 0.15) is 12.6 Å². The molecule has 4 rings (SSSR count). The van der Waals surface area contributed by atoms with Crippen LogP contribution in [0.3, 0.4) is 0 Å². The first-order valence-electron chi connectivity index (χ1n) is 10.5. The Kier molecular flexibility index (Phi) is 6.12. The van der Waals surface area contributed by atoms with Gasteiger partial charge in [-0.15, -0.1) is 0 Å². The highest BCUT2D eigenvalue weighted by Gasteiger charge is 2.30. The molecule has 3 aromatic carbocycles. The monoisotopic (exact) mass is 430 g/mol. The largest absolute Gasteiger partial charge is 0.480 e. The number of anilines is 1. The number of alkyl carbamates (subject to hydrolysis) is 1. The van der Waals surface area contributed by atoms with Crippen LogP contribution in [0.2, 0.25) is 0 Å². The number of carbonyl (C=O) groups is 2. The summed E-state index contributed by atoms with van der Waals surface area (Å²) in [5.41, 5.74) is 6.24. The molecule has 1 aliphatic rings. The highest BCUT2D eigenvalue weighted by atomic mass is 16.5. The van der Waals surface area contributed by atoms with Gasteiger partial charge in [0.2, 0.25) is 0 Å². The van der Waals surface area contributed by atoms with Gasteiger partial charge < -0.3 is 20.1 Å². The number of carboxylic acids is 1. The minimum Gasteiger partial charge on any atom is -0.480 e. The number of ether oxygens (including phenoxy) is 1. The molecule has 1 atom stereocenters. The molecule has 0 saturated heterocycles. The van der Waals surface area contributed by atoms with E-state index in [1.54, 1.807) is 0 Å². The van der Waals surface area contributed by atoms with E-state index in [2.05, 4.69) is 17.4 Å². The topological polar surface area (TPSA) is 78.9 Å². The van der Waals surface area contributed by atoms with E-state index < -0.39 is 18.1 Å². The SMILES string of the molecule is CN(C)c1ccccc1CC(NC(=O)OCC1c2ccccc2-c2ccccc21)C(=O)O. The highest BCUT2D eigenvalue weighted by Crippen LogP contribution is 2.44. The fourth-order valence-electron chi connectivity index (χ4n) is 4.32. The fraction of sp³-hybridized carbons (Fsp3) is 0.231. The van der Waals surface area contributed by atoms with E-state index in [0.29, 0.717) is 0 Å². The third-order valence-electron chi connectivity index (χ3n) is 5.83. The molecule has 0 saturated carbocycles. The first-order chi connectivity index (χ1) is 15.5. The number of carbonyl (C=O) groups excluding carboxylic acids is 1. The van der Waals surface area contributed by atoms with Gasteiger partial charge in [0.05, 0.1) is 0 Å². The summed E-state index contributed by atoms with van der Waals surface area (Å²) < 4.78 is 5.51. The van der Waals surface area contributed by atoms with Gasteiger partial charge in [-0.05, 0) is 33.9 Å². The number of aliphatic carboxylic acids is 1. The maximum atomic E-state index is 12.5. The highest BCUT2D eigenvalue weighted by molar-refractivity contribution is 5.81. The number of para-hydroxylation sites is 1. The molecule has 1 aliphatic carbocycles. The Hall–Kier alpha value is -3.80. The molecule has 1 unspecified atom stereocenters. The molecule has 6 nitrogen and oxygen atoms in total. The second-order valence-corrected chi connectivity index (χ2v) is 8.09. The van der Waals surface area contributed by atoms with E-state index in [-0.39, 0.29) is 18.9 Å². The zero-order valence-electron chi connectivity index (χ0n) is 18.1. The molecule has 32 heavy (non-hydrogen) atoms. The van der Waals surface area contributed by atoms with E-state index in [4.69, 9.17) is 4.74 Å². The van der Waals surface area contributed by atoms with Gasteiger partial charge in [0.15, 0.2) is 0 Å². The van der Waals surface area contributed by atoms with Crippen molar-refractivity contribution in [2.75, 3.05) is 25.6 Å². The number of rotatable bonds is 7. The van der Waals surface area contributed by atoms with E-state index in [1.165, 1.54) is 0 Å². The Bertz CT molecular complexity index is 1100. The molecule has 0 spiro atoms. The summed E-state index contributed by atoms with van der Waals surface area (Å²) >= 11 is 0. The van der Waals surface area contributed by atoms with E-state index in [0.717, 1.165) is 33.5 Å². The first kappa shape index (κ1) is 21.4. The smallest absolute Gasteiger partial charge is 0.407 e. The third kappa shape index (κ3) is 4.30. The van der Waals surface area contributed by atoms with Crippen LogP contribution in [0.25, 0.3) is 11.1 Å². The van der Waals surface area contributed by atoms with Crippen LogP contribution in [0, 0.1) is 0 Å². The predicted octanol–water partition coefficient (Wildman–Crippen LogP) is 4.29. The summed E-state index contributed by atoms with van der Waals surface area (Å²) in [6.45, 7) is 0.139. The molecule has 0 aliphatic heterocycles. The molecule has 2 N–H and O–H groups in total. The molecule has 164 valence electrons. The van der Waals surface area contributed by atoms with E-state index >= 15 is 0 Å². The van der Waals surface area contributed by atoms with Crippen molar-refractivity contribution >= 4 is 17.7 Å². The van der Waals surface area contributed by atoms with Gasteiger partial charge in [0, 0.05) is 32.1 Å². The van der Waals surface area contributed by atoms with Crippen LogP contribution < -0.4 is 10.2 Å². The molecule has 0 radical (unpaired) electrons. The number of hydrogen-bond donors (Lipinski definition) is 2. The summed E-state index contributed by atoms with van der Waals surface area (Å²) in [7, 11) is 3.79. The number of benzene rings is 3. The number of carboxylic acid groups (broad SMARTS) is 1. The molecule has 1 amide bonds. The fourth-order valence-corrected chi connectivity index (χ4v) is 4.32. The zero-order chi connectivity index (χ0) is 22.7. The van der Waals surface area contributed by atoms with Gasteiger partial charge in [-0.3, -0.25) is 0 Å². The first-order valence-corrected chi connectivity index (χ1v) is 10.5. The van der Waals surface area contributed by atoms with Gasteiger partial charge in [0.25, 0.3) is 0 Å². The molecule has 6 heteroatoms. The predicted molar refractivity (Wildman–Crippen MR) is 124 cm³/mol. The average molecular weight is 431 g/mol. The van der Waals surface area contributed by atoms with Crippen molar-refractivity contribution in [1.29, 1.82) is 0 Å². The summed E-state index contributed by atoms with van der Waals surface area (Å²) in [5, 5.41) is 12.2.